The van der Waals surface area contributed by atoms with Crippen molar-refractivity contribution in [3.8, 4) is 5.75 Å². The molecule has 1 unspecified atom stereocenters. The zero-order valence-electron chi connectivity index (χ0n) is 9.75. The van der Waals surface area contributed by atoms with Crippen molar-refractivity contribution in [2.75, 3.05) is 0 Å². The predicted octanol–water partition coefficient (Wildman–Crippen LogP) is 3.95. The number of para-hydroxylation sites is 1. The van der Waals surface area contributed by atoms with E-state index in [-0.39, 0.29) is 5.75 Å². The standard InChI is InChI=1S/C14H19FO/c1-11(15)14(9-5-2-6-10-14)12-7-3-4-8-13(12)16/h3-4,7-8,11,16H,2,5-6,9-10H2,1H3. The van der Waals surface area contributed by atoms with Gasteiger partial charge < -0.3 is 5.11 Å². The van der Waals surface area contributed by atoms with Crippen LogP contribution >= 0.6 is 0 Å². The number of phenols is 1. The molecule has 2 rings (SSSR count). The second-order valence-corrected chi connectivity index (χ2v) is 4.85. The summed E-state index contributed by atoms with van der Waals surface area (Å²) >= 11 is 0. The van der Waals surface area contributed by atoms with E-state index in [2.05, 4.69) is 0 Å². The smallest absolute Gasteiger partial charge is 0.119 e. The first-order valence-corrected chi connectivity index (χ1v) is 6.09. The first-order chi connectivity index (χ1) is 7.67. The molecule has 1 saturated carbocycles. The maximum absolute atomic E-state index is 14.0. The second kappa shape index (κ2) is 4.44. The van der Waals surface area contributed by atoms with E-state index in [1.54, 1.807) is 19.1 Å². The highest BCUT2D eigenvalue weighted by Gasteiger charge is 2.40. The van der Waals surface area contributed by atoms with E-state index in [0.29, 0.717) is 0 Å². The van der Waals surface area contributed by atoms with Crippen LogP contribution in [0.4, 0.5) is 4.39 Å². The second-order valence-electron chi connectivity index (χ2n) is 4.85. The van der Waals surface area contributed by atoms with Crippen LogP contribution in [0.2, 0.25) is 0 Å². The fourth-order valence-electron chi connectivity index (χ4n) is 2.96. The summed E-state index contributed by atoms with van der Waals surface area (Å²) in [6.45, 7) is 1.62. The topological polar surface area (TPSA) is 20.2 Å². The van der Waals surface area contributed by atoms with Crippen molar-refractivity contribution in [2.45, 2.75) is 50.6 Å². The molecule has 1 N–H and O–H groups in total. The molecule has 1 fully saturated rings. The molecule has 0 aliphatic heterocycles. The molecule has 0 bridgehead atoms. The van der Waals surface area contributed by atoms with Crippen LogP contribution in [0.3, 0.4) is 0 Å². The maximum Gasteiger partial charge on any atom is 0.119 e. The molecule has 1 aliphatic carbocycles. The Hall–Kier alpha value is -1.05. The van der Waals surface area contributed by atoms with Crippen molar-refractivity contribution in [3.63, 3.8) is 0 Å². The highest BCUT2D eigenvalue weighted by Crippen LogP contribution is 2.46. The van der Waals surface area contributed by atoms with Crippen LogP contribution < -0.4 is 0 Å². The summed E-state index contributed by atoms with van der Waals surface area (Å²) in [7, 11) is 0. The van der Waals surface area contributed by atoms with E-state index in [0.717, 1.165) is 31.2 Å². The minimum Gasteiger partial charge on any atom is -0.508 e. The van der Waals surface area contributed by atoms with Gasteiger partial charge >= 0.3 is 0 Å². The van der Waals surface area contributed by atoms with Gasteiger partial charge in [-0.25, -0.2) is 4.39 Å². The van der Waals surface area contributed by atoms with Crippen LogP contribution in [0.1, 0.15) is 44.6 Å². The summed E-state index contributed by atoms with van der Waals surface area (Å²) in [5, 5.41) is 9.91. The Kier molecular flexibility index (Phi) is 3.17. The van der Waals surface area contributed by atoms with E-state index in [1.807, 2.05) is 12.1 Å². The molecular weight excluding hydrogens is 203 g/mol. The Morgan fingerprint density at radius 2 is 1.81 bits per heavy atom. The molecule has 1 aliphatic rings. The monoisotopic (exact) mass is 222 g/mol. The molecule has 0 radical (unpaired) electrons. The Balaban J connectivity index is 2.43. The number of hydrogen-bond donors (Lipinski definition) is 1. The Morgan fingerprint density at radius 1 is 1.19 bits per heavy atom. The van der Waals surface area contributed by atoms with E-state index in [9.17, 15) is 9.50 Å². The summed E-state index contributed by atoms with van der Waals surface area (Å²) in [6.07, 6.45) is 4.10. The molecule has 0 aromatic heterocycles. The Labute approximate surface area is 96.3 Å². The Bertz CT molecular complexity index is 354. The number of phenolic OH excluding ortho intramolecular Hbond substituents is 1. The van der Waals surface area contributed by atoms with Gasteiger partial charge in [-0.05, 0) is 25.8 Å². The van der Waals surface area contributed by atoms with Gasteiger partial charge in [0.2, 0.25) is 0 Å². The average Bonchev–Trinajstić information content (AvgIpc) is 2.30. The third-order valence-corrected chi connectivity index (χ3v) is 3.95. The zero-order valence-corrected chi connectivity index (χ0v) is 9.75. The zero-order chi connectivity index (χ0) is 11.6. The van der Waals surface area contributed by atoms with Gasteiger partial charge in [0.15, 0.2) is 0 Å². The van der Waals surface area contributed by atoms with E-state index >= 15 is 0 Å². The van der Waals surface area contributed by atoms with Crippen molar-refractivity contribution < 1.29 is 9.50 Å². The normalized spacial score (nSPS) is 21.6. The van der Waals surface area contributed by atoms with Gasteiger partial charge in [0.25, 0.3) is 0 Å². The third kappa shape index (κ3) is 1.81. The van der Waals surface area contributed by atoms with Gasteiger partial charge in [-0.2, -0.15) is 0 Å². The molecule has 0 heterocycles. The minimum absolute atomic E-state index is 0.244. The third-order valence-electron chi connectivity index (χ3n) is 3.95. The van der Waals surface area contributed by atoms with Crippen LogP contribution in [0.15, 0.2) is 24.3 Å². The van der Waals surface area contributed by atoms with Crippen LogP contribution in [0.25, 0.3) is 0 Å². The summed E-state index contributed by atoms with van der Waals surface area (Å²) < 4.78 is 14.0. The van der Waals surface area contributed by atoms with Crippen molar-refractivity contribution in [2.24, 2.45) is 0 Å². The highest BCUT2D eigenvalue weighted by atomic mass is 19.1. The lowest BCUT2D eigenvalue weighted by atomic mass is 9.66. The number of benzene rings is 1. The minimum atomic E-state index is -0.902. The summed E-state index contributed by atoms with van der Waals surface area (Å²) in [5.41, 5.74) is 0.341. The van der Waals surface area contributed by atoms with Gasteiger partial charge in [-0.1, -0.05) is 37.5 Å². The van der Waals surface area contributed by atoms with Crippen molar-refractivity contribution in [1.82, 2.24) is 0 Å². The Morgan fingerprint density at radius 3 is 2.38 bits per heavy atom. The van der Waals surface area contributed by atoms with Crippen molar-refractivity contribution in [3.05, 3.63) is 29.8 Å². The first-order valence-electron chi connectivity index (χ1n) is 6.09. The molecule has 1 aromatic carbocycles. The first kappa shape index (κ1) is 11.4. The number of aromatic hydroxyl groups is 1. The molecular formula is C14H19FO. The predicted molar refractivity (Wildman–Crippen MR) is 63.4 cm³/mol. The molecule has 88 valence electrons. The number of rotatable bonds is 2. The maximum atomic E-state index is 14.0. The lowest BCUT2D eigenvalue weighted by Gasteiger charge is -2.39. The molecule has 0 saturated heterocycles. The van der Waals surface area contributed by atoms with E-state index in [4.69, 9.17) is 0 Å². The molecule has 1 nitrogen and oxygen atoms in total. The van der Waals surface area contributed by atoms with Crippen molar-refractivity contribution >= 4 is 0 Å². The van der Waals surface area contributed by atoms with Crippen LogP contribution in [0, 0.1) is 0 Å². The van der Waals surface area contributed by atoms with Gasteiger partial charge in [0.05, 0.1) is 0 Å². The SMILES string of the molecule is CC(F)C1(c2ccccc2O)CCCCC1. The summed E-state index contributed by atoms with van der Waals surface area (Å²) in [4.78, 5) is 0. The largest absolute Gasteiger partial charge is 0.508 e. The average molecular weight is 222 g/mol. The fourth-order valence-corrected chi connectivity index (χ4v) is 2.96. The van der Waals surface area contributed by atoms with Gasteiger partial charge in [0.1, 0.15) is 11.9 Å². The van der Waals surface area contributed by atoms with Crippen LogP contribution in [-0.2, 0) is 5.41 Å². The van der Waals surface area contributed by atoms with Gasteiger partial charge in [-0.3, -0.25) is 0 Å². The quantitative estimate of drug-likeness (QED) is 0.803. The number of halogens is 1. The molecule has 2 heteroatoms. The van der Waals surface area contributed by atoms with Crippen molar-refractivity contribution in [1.29, 1.82) is 0 Å². The fraction of sp³-hybridized carbons (Fsp3) is 0.571. The van der Waals surface area contributed by atoms with Crippen LogP contribution in [-0.4, -0.2) is 11.3 Å². The molecule has 0 amide bonds. The molecule has 0 spiro atoms. The molecule has 1 aromatic rings. The van der Waals surface area contributed by atoms with Gasteiger partial charge in [-0.15, -0.1) is 0 Å². The lowest BCUT2D eigenvalue weighted by Crippen LogP contribution is -2.37. The highest BCUT2D eigenvalue weighted by molar-refractivity contribution is 5.39. The molecule has 1 atom stereocenters. The number of hydrogen-bond acceptors (Lipinski definition) is 1. The number of alkyl halides is 1. The van der Waals surface area contributed by atoms with Gasteiger partial charge in [0, 0.05) is 11.0 Å². The summed E-state index contributed by atoms with van der Waals surface area (Å²) in [6, 6.07) is 7.21. The van der Waals surface area contributed by atoms with E-state index < -0.39 is 11.6 Å². The summed E-state index contributed by atoms with van der Waals surface area (Å²) in [5.74, 6) is 0.244. The van der Waals surface area contributed by atoms with E-state index in [1.165, 1.54) is 6.42 Å². The van der Waals surface area contributed by atoms with Crippen LogP contribution in [0.5, 0.6) is 5.75 Å². The molecule has 16 heavy (non-hydrogen) atoms. The lowest BCUT2D eigenvalue weighted by molar-refractivity contribution is 0.147.